The lowest BCUT2D eigenvalue weighted by molar-refractivity contribution is -0.112. The molecule has 12 heteroatoms. The third kappa shape index (κ3) is 4.45. The van der Waals surface area contributed by atoms with Crippen molar-refractivity contribution in [2.75, 3.05) is 17.3 Å². The second kappa shape index (κ2) is 8.66. The Balaban J connectivity index is 1.91. The maximum Gasteiger partial charge on any atom is 0.267 e. The summed E-state index contributed by atoms with van der Waals surface area (Å²) in [5.41, 5.74) is 5.38. The summed E-state index contributed by atoms with van der Waals surface area (Å²) in [6.07, 6.45) is 2.18. The Morgan fingerprint density at radius 1 is 1.43 bits per heavy atom. The second-order valence-electron chi connectivity index (χ2n) is 7.49. The van der Waals surface area contributed by atoms with Gasteiger partial charge in [0.15, 0.2) is 23.2 Å². The number of aliphatic hydroxyl groups is 2. The molecule has 0 spiro atoms. The van der Waals surface area contributed by atoms with E-state index in [2.05, 4.69) is 20.3 Å². The quantitative estimate of drug-likeness (QED) is 0.357. The number of nitrogens with one attached hydrogen (secondary N) is 1. The van der Waals surface area contributed by atoms with Crippen molar-refractivity contribution in [1.29, 1.82) is 5.26 Å². The molecule has 1 aliphatic heterocycles. The number of ether oxygens (including phenoxy) is 1. The largest absolute Gasteiger partial charge is 0.387 e. The maximum atomic E-state index is 12.5. The number of amides is 1. The number of nitriles is 1. The van der Waals surface area contributed by atoms with Crippen molar-refractivity contribution in [3.63, 3.8) is 0 Å². The summed E-state index contributed by atoms with van der Waals surface area (Å²) in [6.45, 7) is 3.32. The van der Waals surface area contributed by atoms with Crippen LogP contribution in [0.15, 0.2) is 24.3 Å². The summed E-state index contributed by atoms with van der Waals surface area (Å²) in [6, 6.07) is 1.82. The molecule has 0 saturated carbocycles. The van der Waals surface area contributed by atoms with Crippen molar-refractivity contribution < 1.29 is 19.7 Å². The number of anilines is 1. The lowest BCUT2D eigenvalue weighted by Gasteiger charge is -2.16. The standard InChI is InChI=1S/C18H23N7O4S/c1-18(2,20)4-9(5-19)16(28)24-14-11-15(22-7-21-14)25(8-23-11)17-13(27)12(26)10(29-17)6-30-3/h4,7-8,10,12-13,17,26-27H,6,20H2,1-3H3,(H,21,22,24,28)/b9-4+/t10-,12-,13-,17-/m1/s1. The molecular formula is C18H23N7O4S. The highest BCUT2D eigenvalue weighted by molar-refractivity contribution is 7.98. The van der Waals surface area contributed by atoms with Gasteiger partial charge in [0.05, 0.1) is 12.4 Å². The first-order chi connectivity index (χ1) is 14.2. The fourth-order valence-corrected chi connectivity index (χ4v) is 3.69. The van der Waals surface area contributed by atoms with Gasteiger partial charge in [0.25, 0.3) is 5.91 Å². The van der Waals surface area contributed by atoms with Gasteiger partial charge in [-0.2, -0.15) is 17.0 Å². The molecule has 5 N–H and O–H groups in total. The van der Waals surface area contributed by atoms with Crippen molar-refractivity contribution in [1.82, 2.24) is 19.5 Å². The van der Waals surface area contributed by atoms with Crippen LogP contribution in [0.2, 0.25) is 0 Å². The van der Waals surface area contributed by atoms with Crippen LogP contribution in [0.5, 0.6) is 0 Å². The average molecular weight is 433 g/mol. The number of aliphatic hydroxyl groups excluding tert-OH is 2. The van der Waals surface area contributed by atoms with Crippen LogP contribution in [-0.4, -0.2) is 71.5 Å². The van der Waals surface area contributed by atoms with E-state index < -0.39 is 36.0 Å². The second-order valence-corrected chi connectivity index (χ2v) is 8.40. The minimum Gasteiger partial charge on any atom is -0.387 e. The van der Waals surface area contributed by atoms with E-state index in [4.69, 9.17) is 10.5 Å². The predicted molar refractivity (Wildman–Crippen MR) is 110 cm³/mol. The van der Waals surface area contributed by atoms with Gasteiger partial charge in [-0.3, -0.25) is 9.36 Å². The van der Waals surface area contributed by atoms with Gasteiger partial charge in [0, 0.05) is 11.3 Å². The van der Waals surface area contributed by atoms with Gasteiger partial charge in [-0.25, -0.2) is 15.0 Å². The third-order valence-corrected chi connectivity index (χ3v) is 5.08. The van der Waals surface area contributed by atoms with E-state index in [1.54, 1.807) is 13.8 Å². The lowest BCUT2D eigenvalue weighted by Crippen LogP contribution is -2.32. The van der Waals surface area contributed by atoms with E-state index in [0.717, 1.165) is 0 Å². The normalized spacial score (nSPS) is 24.8. The number of nitrogens with two attached hydrogens (primary N) is 1. The molecule has 1 amide bonds. The number of carbonyl (C=O) groups excluding carboxylic acids is 1. The predicted octanol–water partition coefficient (Wildman–Crippen LogP) is -0.0657. The molecule has 0 aromatic carbocycles. The summed E-state index contributed by atoms with van der Waals surface area (Å²) in [5, 5.41) is 32.4. The molecular weight excluding hydrogens is 410 g/mol. The molecule has 2 aromatic heterocycles. The van der Waals surface area contributed by atoms with E-state index >= 15 is 0 Å². The molecule has 0 radical (unpaired) electrons. The summed E-state index contributed by atoms with van der Waals surface area (Å²) in [5.74, 6) is -0.0788. The molecule has 3 rings (SSSR count). The summed E-state index contributed by atoms with van der Waals surface area (Å²) in [7, 11) is 0. The average Bonchev–Trinajstić information content (AvgIpc) is 3.23. The first-order valence-corrected chi connectivity index (χ1v) is 10.5. The molecule has 4 atom stereocenters. The molecule has 0 aliphatic carbocycles. The molecule has 1 aliphatic rings. The molecule has 1 fully saturated rings. The number of carbonyl (C=O) groups is 1. The molecule has 2 aromatic rings. The Morgan fingerprint density at radius 3 is 2.80 bits per heavy atom. The Hall–Kier alpha value is -2.56. The zero-order valence-corrected chi connectivity index (χ0v) is 17.5. The van der Waals surface area contributed by atoms with Gasteiger partial charge >= 0.3 is 0 Å². The highest BCUT2D eigenvalue weighted by atomic mass is 32.2. The monoisotopic (exact) mass is 433 g/mol. The molecule has 1 saturated heterocycles. The van der Waals surface area contributed by atoms with Gasteiger partial charge in [-0.05, 0) is 26.2 Å². The molecule has 3 heterocycles. The minimum absolute atomic E-state index is 0.0911. The van der Waals surface area contributed by atoms with Crippen LogP contribution in [0.4, 0.5) is 5.82 Å². The highest BCUT2D eigenvalue weighted by Gasteiger charge is 2.44. The first-order valence-electron chi connectivity index (χ1n) is 9.07. The van der Waals surface area contributed by atoms with Crippen LogP contribution in [0.1, 0.15) is 20.1 Å². The van der Waals surface area contributed by atoms with Crippen LogP contribution < -0.4 is 11.1 Å². The number of hydrogen-bond donors (Lipinski definition) is 4. The van der Waals surface area contributed by atoms with Gasteiger partial charge in [-0.15, -0.1) is 0 Å². The van der Waals surface area contributed by atoms with Gasteiger partial charge in [0.2, 0.25) is 0 Å². The maximum absolute atomic E-state index is 12.5. The van der Waals surface area contributed by atoms with Gasteiger partial charge in [0.1, 0.15) is 30.2 Å². The minimum atomic E-state index is -1.17. The number of aromatic nitrogens is 4. The summed E-state index contributed by atoms with van der Waals surface area (Å²) < 4.78 is 7.28. The summed E-state index contributed by atoms with van der Waals surface area (Å²) in [4.78, 5) is 24.9. The van der Waals surface area contributed by atoms with Crippen molar-refractivity contribution in [3.8, 4) is 6.07 Å². The Bertz CT molecular complexity index is 1010. The number of thioether (sulfide) groups is 1. The Labute approximate surface area is 177 Å². The van der Waals surface area contributed by atoms with Crippen molar-refractivity contribution >= 4 is 34.7 Å². The number of hydrogen-bond acceptors (Lipinski definition) is 10. The van der Waals surface area contributed by atoms with Gasteiger partial charge in [-0.1, -0.05) is 0 Å². The van der Waals surface area contributed by atoms with Crippen LogP contribution in [0.25, 0.3) is 11.2 Å². The van der Waals surface area contributed by atoms with Crippen LogP contribution in [-0.2, 0) is 9.53 Å². The number of rotatable bonds is 6. The molecule has 30 heavy (non-hydrogen) atoms. The molecule has 0 bridgehead atoms. The van der Waals surface area contributed by atoms with Crippen LogP contribution >= 0.6 is 11.8 Å². The Kier molecular flexibility index (Phi) is 6.39. The van der Waals surface area contributed by atoms with E-state index in [9.17, 15) is 20.3 Å². The number of fused-ring (bicyclic) bond motifs is 1. The number of imidazole rings is 1. The summed E-state index contributed by atoms with van der Waals surface area (Å²) >= 11 is 1.49. The smallest absolute Gasteiger partial charge is 0.267 e. The van der Waals surface area contributed by atoms with Gasteiger partial charge < -0.3 is 26.0 Å². The fourth-order valence-electron chi connectivity index (χ4n) is 3.09. The third-order valence-electron chi connectivity index (χ3n) is 4.41. The van der Waals surface area contributed by atoms with Crippen molar-refractivity contribution in [3.05, 3.63) is 24.3 Å². The van der Waals surface area contributed by atoms with E-state index in [1.165, 1.54) is 35.1 Å². The van der Waals surface area contributed by atoms with E-state index in [-0.39, 0.29) is 16.9 Å². The molecule has 160 valence electrons. The van der Waals surface area contributed by atoms with E-state index in [1.807, 2.05) is 12.3 Å². The molecule has 0 unspecified atom stereocenters. The van der Waals surface area contributed by atoms with Crippen molar-refractivity contribution in [2.24, 2.45) is 5.73 Å². The topological polar surface area (TPSA) is 172 Å². The fraction of sp³-hybridized carbons (Fsp3) is 0.500. The lowest BCUT2D eigenvalue weighted by atomic mass is 10.0. The molecule has 11 nitrogen and oxygen atoms in total. The zero-order chi connectivity index (χ0) is 22.1. The van der Waals surface area contributed by atoms with Crippen molar-refractivity contribution in [2.45, 2.75) is 43.9 Å². The highest BCUT2D eigenvalue weighted by Crippen LogP contribution is 2.33. The SMILES string of the molecule is CSC[C@H]1O[C@@H](n2cnc3c(NC(=O)/C(C#N)=C/C(C)(C)N)ncnc32)[C@H](O)[C@@H]1O. The number of nitrogens with zero attached hydrogens (tertiary/aromatic N) is 5. The zero-order valence-electron chi connectivity index (χ0n) is 16.7. The van der Waals surface area contributed by atoms with Crippen LogP contribution in [0, 0.1) is 11.3 Å². The first kappa shape index (κ1) is 22.1. The van der Waals surface area contributed by atoms with Crippen LogP contribution in [0.3, 0.4) is 0 Å². The Morgan fingerprint density at radius 2 is 2.17 bits per heavy atom. The van der Waals surface area contributed by atoms with E-state index in [0.29, 0.717) is 11.4 Å².